The van der Waals surface area contributed by atoms with Crippen LogP contribution >= 0.6 is 11.3 Å². The van der Waals surface area contributed by atoms with Gasteiger partial charge in [0.1, 0.15) is 4.21 Å². The first-order valence-electron chi connectivity index (χ1n) is 9.02. The van der Waals surface area contributed by atoms with Crippen LogP contribution in [-0.4, -0.2) is 54.2 Å². The Labute approximate surface area is 179 Å². The van der Waals surface area contributed by atoms with Crippen LogP contribution in [0, 0.1) is 0 Å². The summed E-state index contributed by atoms with van der Waals surface area (Å²) in [5.41, 5.74) is 0.947. The fourth-order valence-electron chi connectivity index (χ4n) is 2.43. The van der Waals surface area contributed by atoms with Crippen LogP contribution in [0.5, 0.6) is 11.5 Å². The van der Waals surface area contributed by atoms with Crippen LogP contribution in [0.3, 0.4) is 0 Å². The summed E-state index contributed by atoms with van der Waals surface area (Å²) in [6.45, 7) is -0.186. The van der Waals surface area contributed by atoms with Gasteiger partial charge in [-0.1, -0.05) is 12.1 Å². The number of esters is 1. The fraction of sp³-hybridized carbons (Fsp3) is 0.368. The molecule has 0 unspecified atom stereocenters. The molecular weight excluding hydrogens is 432 g/mol. The second-order valence-electron chi connectivity index (χ2n) is 6.03. The van der Waals surface area contributed by atoms with Crippen molar-refractivity contribution in [3.8, 4) is 11.5 Å². The average molecular weight is 457 g/mol. The summed E-state index contributed by atoms with van der Waals surface area (Å²) >= 11 is 1.08. The van der Waals surface area contributed by atoms with Gasteiger partial charge in [0, 0.05) is 13.1 Å². The lowest BCUT2D eigenvalue weighted by Gasteiger charge is -2.10. The Morgan fingerprint density at radius 2 is 1.83 bits per heavy atom. The van der Waals surface area contributed by atoms with Gasteiger partial charge in [0.15, 0.2) is 18.1 Å². The minimum absolute atomic E-state index is 0.111. The van der Waals surface area contributed by atoms with E-state index in [2.05, 4.69) is 10.0 Å². The SMILES string of the molecule is COc1ccc(CCNC(=O)COC(=O)CCNS(=O)(=O)c2cccs2)cc1OC. The third-order valence-corrected chi connectivity index (χ3v) is 6.79. The van der Waals surface area contributed by atoms with Crippen LogP contribution in [0.4, 0.5) is 0 Å². The highest BCUT2D eigenvalue weighted by atomic mass is 32.2. The van der Waals surface area contributed by atoms with Crippen molar-refractivity contribution in [1.29, 1.82) is 0 Å². The number of ether oxygens (including phenoxy) is 3. The first kappa shape index (κ1) is 23.6. The lowest BCUT2D eigenvalue weighted by Crippen LogP contribution is -2.31. The molecule has 164 valence electrons. The van der Waals surface area contributed by atoms with E-state index in [1.54, 1.807) is 31.7 Å². The monoisotopic (exact) mass is 456 g/mol. The van der Waals surface area contributed by atoms with Crippen molar-refractivity contribution in [3.05, 3.63) is 41.3 Å². The number of nitrogens with one attached hydrogen (secondary N) is 2. The van der Waals surface area contributed by atoms with Gasteiger partial charge in [-0.2, -0.15) is 0 Å². The molecule has 2 N–H and O–H groups in total. The van der Waals surface area contributed by atoms with E-state index in [-0.39, 0.29) is 17.2 Å². The molecule has 0 aliphatic rings. The molecule has 1 heterocycles. The van der Waals surface area contributed by atoms with Gasteiger partial charge in [-0.25, -0.2) is 13.1 Å². The molecule has 1 aromatic carbocycles. The van der Waals surface area contributed by atoms with Crippen LogP contribution in [0.2, 0.25) is 0 Å². The molecule has 0 saturated carbocycles. The number of hydrogen-bond donors (Lipinski definition) is 2. The molecule has 11 heteroatoms. The Balaban J connectivity index is 1.64. The fourth-order valence-corrected chi connectivity index (χ4v) is 4.50. The largest absolute Gasteiger partial charge is 0.493 e. The van der Waals surface area contributed by atoms with Gasteiger partial charge in [0.2, 0.25) is 10.0 Å². The van der Waals surface area contributed by atoms with E-state index >= 15 is 0 Å². The number of amides is 1. The third-order valence-electron chi connectivity index (χ3n) is 3.93. The van der Waals surface area contributed by atoms with Crippen molar-refractivity contribution in [2.45, 2.75) is 17.1 Å². The molecule has 2 aromatic rings. The second-order valence-corrected chi connectivity index (χ2v) is 8.97. The molecule has 0 atom stereocenters. The molecule has 0 saturated heterocycles. The zero-order chi connectivity index (χ0) is 22.0. The minimum atomic E-state index is -3.63. The van der Waals surface area contributed by atoms with Crippen molar-refractivity contribution in [1.82, 2.24) is 10.0 Å². The standard InChI is InChI=1S/C19H24N2O7S2/c1-26-15-6-5-14(12-16(15)27-2)7-9-20-17(22)13-28-18(23)8-10-21-30(24,25)19-4-3-11-29-19/h3-6,11-12,21H,7-10,13H2,1-2H3,(H,20,22). The van der Waals surface area contributed by atoms with Crippen LogP contribution < -0.4 is 19.5 Å². The Morgan fingerprint density at radius 1 is 1.07 bits per heavy atom. The van der Waals surface area contributed by atoms with Gasteiger partial charge in [0.25, 0.3) is 5.91 Å². The normalized spacial score (nSPS) is 11.0. The summed E-state index contributed by atoms with van der Waals surface area (Å²) in [5.74, 6) is 0.113. The molecule has 2 rings (SSSR count). The summed E-state index contributed by atoms with van der Waals surface area (Å²) in [4.78, 5) is 23.5. The number of carbonyl (C=O) groups excluding carboxylic acids is 2. The number of rotatable bonds is 12. The van der Waals surface area contributed by atoms with Crippen LogP contribution in [0.15, 0.2) is 39.9 Å². The zero-order valence-electron chi connectivity index (χ0n) is 16.7. The van der Waals surface area contributed by atoms with Crippen molar-refractivity contribution >= 4 is 33.2 Å². The van der Waals surface area contributed by atoms with Gasteiger partial charge >= 0.3 is 5.97 Å². The highest BCUT2D eigenvalue weighted by molar-refractivity contribution is 7.91. The molecule has 0 bridgehead atoms. The summed E-state index contributed by atoms with van der Waals surface area (Å²) in [6, 6.07) is 8.56. The third kappa shape index (κ3) is 7.32. The lowest BCUT2D eigenvalue weighted by molar-refractivity contribution is -0.148. The molecule has 1 aromatic heterocycles. The van der Waals surface area contributed by atoms with Crippen molar-refractivity contribution in [3.63, 3.8) is 0 Å². The highest BCUT2D eigenvalue weighted by Crippen LogP contribution is 2.27. The smallest absolute Gasteiger partial charge is 0.307 e. The van der Waals surface area contributed by atoms with Crippen molar-refractivity contribution < 1.29 is 32.2 Å². The molecule has 0 fully saturated rings. The maximum absolute atomic E-state index is 11.9. The van der Waals surface area contributed by atoms with E-state index in [0.717, 1.165) is 16.9 Å². The molecule has 30 heavy (non-hydrogen) atoms. The predicted molar refractivity (Wildman–Crippen MR) is 111 cm³/mol. The summed E-state index contributed by atoms with van der Waals surface area (Å²) < 4.78 is 41.6. The topological polar surface area (TPSA) is 120 Å². The maximum atomic E-state index is 11.9. The Bertz CT molecular complexity index is 944. The minimum Gasteiger partial charge on any atom is -0.493 e. The van der Waals surface area contributed by atoms with Gasteiger partial charge in [0.05, 0.1) is 20.6 Å². The van der Waals surface area contributed by atoms with Gasteiger partial charge in [-0.3, -0.25) is 9.59 Å². The number of methoxy groups -OCH3 is 2. The Morgan fingerprint density at radius 3 is 2.50 bits per heavy atom. The number of carbonyl (C=O) groups is 2. The Hall–Kier alpha value is -2.63. The summed E-state index contributed by atoms with van der Waals surface area (Å²) in [5, 5.41) is 4.30. The van der Waals surface area contributed by atoms with Gasteiger partial charge < -0.3 is 19.5 Å². The van der Waals surface area contributed by atoms with E-state index in [0.29, 0.717) is 24.5 Å². The van der Waals surface area contributed by atoms with Crippen LogP contribution in [0.1, 0.15) is 12.0 Å². The molecular formula is C19H24N2O7S2. The van der Waals surface area contributed by atoms with Crippen LogP contribution in [0.25, 0.3) is 0 Å². The van der Waals surface area contributed by atoms with Gasteiger partial charge in [-0.05, 0) is 35.6 Å². The number of sulfonamides is 1. The number of hydrogen-bond acceptors (Lipinski definition) is 8. The number of benzene rings is 1. The van der Waals surface area contributed by atoms with E-state index in [1.807, 2.05) is 12.1 Å². The Kier molecular flexibility index (Phi) is 9.09. The second kappa shape index (κ2) is 11.5. The van der Waals surface area contributed by atoms with Crippen LogP contribution in [-0.2, 0) is 30.8 Å². The van der Waals surface area contributed by atoms with E-state index in [1.165, 1.54) is 6.07 Å². The maximum Gasteiger partial charge on any atom is 0.307 e. The zero-order valence-corrected chi connectivity index (χ0v) is 18.3. The highest BCUT2D eigenvalue weighted by Gasteiger charge is 2.15. The predicted octanol–water partition coefficient (Wildman–Crippen LogP) is 1.34. The molecule has 0 radical (unpaired) electrons. The lowest BCUT2D eigenvalue weighted by atomic mass is 10.1. The first-order chi connectivity index (χ1) is 14.4. The molecule has 0 spiro atoms. The van der Waals surface area contributed by atoms with E-state index in [4.69, 9.17) is 14.2 Å². The average Bonchev–Trinajstić information content (AvgIpc) is 3.28. The molecule has 0 aliphatic carbocycles. The first-order valence-corrected chi connectivity index (χ1v) is 11.4. The number of thiophene rings is 1. The molecule has 9 nitrogen and oxygen atoms in total. The summed E-state index contributed by atoms with van der Waals surface area (Å²) in [6.07, 6.45) is 0.383. The molecule has 0 aliphatic heterocycles. The quantitative estimate of drug-likeness (QED) is 0.463. The summed E-state index contributed by atoms with van der Waals surface area (Å²) in [7, 11) is -0.527. The van der Waals surface area contributed by atoms with E-state index in [9.17, 15) is 18.0 Å². The molecule has 1 amide bonds. The van der Waals surface area contributed by atoms with E-state index < -0.39 is 28.5 Å². The van der Waals surface area contributed by atoms with Crippen molar-refractivity contribution in [2.75, 3.05) is 33.9 Å². The van der Waals surface area contributed by atoms with Gasteiger partial charge in [-0.15, -0.1) is 11.3 Å². The van der Waals surface area contributed by atoms with Crippen molar-refractivity contribution in [2.24, 2.45) is 0 Å².